The Bertz CT molecular complexity index is 843. The largest absolute Gasteiger partial charge is 0.464 e. The number of rotatable bonds is 4. The zero-order valence-corrected chi connectivity index (χ0v) is 14.8. The van der Waals surface area contributed by atoms with Gasteiger partial charge in [0.2, 0.25) is 0 Å². The number of anilines is 1. The van der Waals surface area contributed by atoms with Crippen molar-refractivity contribution >= 4 is 23.6 Å². The third kappa shape index (κ3) is 3.72. The minimum Gasteiger partial charge on any atom is -0.464 e. The van der Waals surface area contributed by atoms with Gasteiger partial charge in [0.15, 0.2) is 0 Å². The minimum absolute atomic E-state index is 0.101. The number of esters is 1. The SMILES string of the molecule is CC(=O)OCCN1C(=O)N(c2ccc(C#N)c(C(F)(F)F)c2)C(=O)C1(C)C. The second kappa shape index (κ2) is 6.90. The van der Waals surface area contributed by atoms with E-state index in [0.717, 1.165) is 17.0 Å². The van der Waals surface area contributed by atoms with Gasteiger partial charge in [-0.2, -0.15) is 18.4 Å². The number of halogens is 3. The van der Waals surface area contributed by atoms with Crippen molar-refractivity contribution in [3.63, 3.8) is 0 Å². The fourth-order valence-electron chi connectivity index (χ4n) is 2.72. The number of urea groups is 1. The Morgan fingerprint density at radius 3 is 2.44 bits per heavy atom. The number of carbonyl (C=O) groups excluding carboxylic acids is 3. The van der Waals surface area contributed by atoms with Crippen LogP contribution in [0.25, 0.3) is 0 Å². The monoisotopic (exact) mass is 383 g/mol. The third-order valence-electron chi connectivity index (χ3n) is 4.13. The van der Waals surface area contributed by atoms with Crippen LogP contribution >= 0.6 is 0 Å². The van der Waals surface area contributed by atoms with Gasteiger partial charge in [0.25, 0.3) is 5.91 Å². The fourth-order valence-corrected chi connectivity index (χ4v) is 2.72. The Hall–Kier alpha value is -3.09. The normalized spacial score (nSPS) is 16.5. The van der Waals surface area contributed by atoms with E-state index in [2.05, 4.69) is 0 Å². The smallest absolute Gasteiger partial charge is 0.417 e. The fraction of sp³-hybridized carbons (Fsp3) is 0.412. The predicted molar refractivity (Wildman–Crippen MR) is 86.5 cm³/mol. The maximum atomic E-state index is 13.2. The van der Waals surface area contributed by atoms with E-state index in [0.29, 0.717) is 11.0 Å². The van der Waals surface area contributed by atoms with Gasteiger partial charge >= 0.3 is 18.2 Å². The van der Waals surface area contributed by atoms with Crippen molar-refractivity contribution in [1.82, 2.24) is 4.90 Å². The summed E-state index contributed by atoms with van der Waals surface area (Å²) < 4.78 is 44.3. The Kier molecular flexibility index (Phi) is 5.17. The highest BCUT2D eigenvalue weighted by molar-refractivity contribution is 6.23. The molecule has 27 heavy (non-hydrogen) atoms. The second-order valence-corrected chi connectivity index (χ2v) is 6.31. The van der Waals surface area contributed by atoms with Crippen molar-refractivity contribution < 1.29 is 32.3 Å². The number of nitrogens with zero attached hydrogens (tertiary/aromatic N) is 3. The Labute approximate surface area is 152 Å². The number of amides is 3. The Balaban J connectivity index is 2.42. The topological polar surface area (TPSA) is 90.7 Å². The lowest BCUT2D eigenvalue weighted by Crippen LogP contribution is -2.45. The van der Waals surface area contributed by atoms with Crippen molar-refractivity contribution in [2.45, 2.75) is 32.5 Å². The van der Waals surface area contributed by atoms with Crippen LogP contribution in [0.5, 0.6) is 0 Å². The van der Waals surface area contributed by atoms with Crippen molar-refractivity contribution in [2.75, 3.05) is 18.1 Å². The summed E-state index contributed by atoms with van der Waals surface area (Å²) in [4.78, 5) is 37.9. The van der Waals surface area contributed by atoms with E-state index >= 15 is 0 Å². The average molecular weight is 383 g/mol. The lowest BCUT2D eigenvalue weighted by atomic mass is 10.0. The number of nitriles is 1. The van der Waals surface area contributed by atoms with Gasteiger partial charge in [-0.15, -0.1) is 0 Å². The first-order valence-corrected chi connectivity index (χ1v) is 7.82. The molecule has 0 unspecified atom stereocenters. The third-order valence-corrected chi connectivity index (χ3v) is 4.13. The molecule has 1 aliphatic heterocycles. The summed E-state index contributed by atoms with van der Waals surface area (Å²) in [5.41, 5.74) is -3.49. The molecule has 0 spiro atoms. The van der Waals surface area contributed by atoms with Gasteiger partial charge in [0.05, 0.1) is 29.4 Å². The summed E-state index contributed by atoms with van der Waals surface area (Å²) in [6.07, 6.45) is -4.82. The molecular weight excluding hydrogens is 367 g/mol. The summed E-state index contributed by atoms with van der Waals surface area (Å²) in [6, 6.07) is 3.21. The van der Waals surface area contributed by atoms with Crippen LogP contribution in [0, 0.1) is 11.3 Å². The average Bonchev–Trinajstić information content (AvgIpc) is 2.73. The molecule has 0 radical (unpaired) electrons. The van der Waals surface area contributed by atoms with Gasteiger partial charge < -0.3 is 9.64 Å². The summed E-state index contributed by atoms with van der Waals surface area (Å²) >= 11 is 0. The number of hydrogen-bond acceptors (Lipinski definition) is 5. The number of imide groups is 1. The summed E-state index contributed by atoms with van der Waals surface area (Å²) in [5, 5.41) is 8.86. The highest BCUT2D eigenvalue weighted by atomic mass is 19.4. The van der Waals surface area contributed by atoms with Crippen LogP contribution in [-0.2, 0) is 20.5 Å². The first-order chi connectivity index (χ1) is 12.4. The molecule has 3 amide bonds. The van der Waals surface area contributed by atoms with E-state index in [1.807, 2.05) is 0 Å². The van der Waals surface area contributed by atoms with Crippen LogP contribution in [-0.4, -0.2) is 41.5 Å². The molecule has 0 atom stereocenters. The van der Waals surface area contributed by atoms with E-state index < -0.39 is 40.7 Å². The molecule has 2 rings (SSSR count). The molecule has 1 fully saturated rings. The molecular formula is C17H16F3N3O4. The van der Waals surface area contributed by atoms with E-state index in [1.54, 1.807) is 0 Å². The summed E-state index contributed by atoms with van der Waals surface area (Å²) in [5.74, 6) is -1.29. The van der Waals surface area contributed by atoms with Crippen molar-refractivity contribution in [2.24, 2.45) is 0 Å². The highest BCUT2D eigenvalue weighted by Gasteiger charge is 2.52. The highest BCUT2D eigenvalue weighted by Crippen LogP contribution is 2.37. The van der Waals surface area contributed by atoms with Gasteiger partial charge in [-0.05, 0) is 32.0 Å². The molecule has 0 saturated carbocycles. The molecule has 1 saturated heterocycles. The van der Waals surface area contributed by atoms with Gasteiger partial charge in [0, 0.05) is 6.92 Å². The molecule has 1 aliphatic rings. The lowest BCUT2D eigenvalue weighted by molar-refractivity contribution is -0.141. The zero-order chi connectivity index (χ0) is 20.6. The molecule has 0 aromatic heterocycles. The molecule has 0 bridgehead atoms. The minimum atomic E-state index is -4.82. The number of alkyl halides is 3. The molecule has 1 heterocycles. The molecule has 10 heteroatoms. The second-order valence-electron chi connectivity index (χ2n) is 6.31. The number of benzene rings is 1. The van der Waals surface area contributed by atoms with Crippen LogP contribution in [0.2, 0.25) is 0 Å². The van der Waals surface area contributed by atoms with E-state index in [4.69, 9.17) is 10.00 Å². The molecule has 0 N–H and O–H groups in total. The molecule has 1 aromatic carbocycles. The van der Waals surface area contributed by atoms with E-state index in [9.17, 15) is 27.6 Å². The van der Waals surface area contributed by atoms with Crippen LogP contribution in [0.4, 0.5) is 23.7 Å². The molecule has 7 nitrogen and oxygen atoms in total. The van der Waals surface area contributed by atoms with E-state index in [-0.39, 0.29) is 18.8 Å². The van der Waals surface area contributed by atoms with Crippen molar-refractivity contribution in [3.8, 4) is 6.07 Å². The van der Waals surface area contributed by atoms with Crippen molar-refractivity contribution in [3.05, 3.63) is 29.3 Å². The summed E-state index contributed by atoms with van der Waals surface area (Å²) in [7, 11) is 0. The van der Waals surface area contributed by atoms with Crippen LogP contribution in [0.1, 0.15) is 31.9 Å². The van der Waals surface area contributed by atoms with Gasteiger partial charge in [-0.3, -0.25) is 9.59 Å². The van der Waals surface area contributed by atoms with Crippen LogP contribution in [0.3, 0.4) is 0 Å². The number of ether oxygens (including phenoxy) is 1. The van der Waals surface area contributed by atoms with Gasteiger partial charge in [-0.25, -0.2) is 9.69 Å². The van der Waals surface area contributed by atoms with Crippen molar-refractivity contribution in [1.29, 1.82) is 5.26 Å². The predicted octanol–water partition coefficient (Wildman–Crippen LogP) is 2.69. The molecule has 1 aromatic rings. The zero-order valence-electron chi connectivity index (χ0n) is 14.8. The maximum absolute atomic E-state index is 13.2. The molecule has 144 valence electrons. The van der Waals surface area contributed by atoms with Crippen LogP contribution in [0.15, 0.2) is 18.2 Å². The Morgan fingerprint density at radius 2 is 1.93 bits per heavy atom. The van der Waals surface area contributed by atoms with Gasteiger partial charge in [-0.1, -0.05) is 0 Å². The quantitative estimate of drug-likeness (QED) is 0.589. The number of hydrogen-bond donors (Lipinski definition) is 0. The maximum Gasteiger partial charge on any atom is 0.417 e. The van der Waals surface area contributed by atoms with Gasteiger partial charge in [0.1, 0.15) is 12.1 Å². The van der Waals surface area contributed by atoms with Crippen LogP contribution < -0.4 is 4.90 Å². The van der Waals surface area contributed by atoms with E-state index in [1.165, 1.54) is 26.8 Å². The first kappa shape index (κ1) is 20.2. The lowest BCUT2D eigenvalue weighted by Gasteiger charge is -2.27. The summed E-state index contributed by atoms with van der Waals surface area (Å²) in [6.45, 7) is 3.80. The molecule has 0 aliphatic carbocycles. The number of carbonyl (C=O) groups is 3. The first-order valence-electron chi connectivity index (χ1n) is 7.82. The standard InChI is InChI=1S/C17H16F3N3O4/c1-10(24)27-7-6-22-15(26)23(14(25)16(22,2)3)12-5-4-11(9-21)13(8-12)17(18,19)20/h4-5,8H,6-7H2,1-3H3. The Morgan fingerprint density at radius 1 is 1.30 bits per heavy atom.